The van der Waals surface area contributed by atoms with E-state index in [1.807, 2.05) is 0 Å². The molecule has 29 N–H and O–H groups in total. The molecule has 9 fully saturated rings. The van der Waals surface area contributed by atoms with E-state index in [-0.39, 0.29) is 116 Å². The summed E-state index contributed by atoms with van der Waals surface area (Å²) in [5, 5.41) is 144. The Morgan fingerprint density at radius 1 is 0.434 bits per heavy atom. The highest BCUT2D eigenvalue weighted by molar-refractivity contribution is 8.20. The van der Waals surface area contributed by atoms with Crippen molar-refractivity contribution in [2.45, 2.75) is 222 Å². The van der Waals surface area contributed by atoms with Gasteiger partial charge in [-0.25, -0.2) is 0 Å². The van der Waals surface area contributed by atoms with Gasteiger partial charge in [-0.1, -0.05) is 0 Å². The fourth-order valence-electron chi connectivity index (χ4n) is 16.7. The number of carboxylic acid groups (broad SMARTS) is 4. The lowest BCUT2D eigenvalue weighted by molar-refractivity contribution is -0.149. The molecule has 9 rings (SSSR count). The van der Waals surface area contributed by atoms with E-state index < -0.39 is 245 Å². The Balaban J connectivity index is 0.895. The Bertz CT molecular complexity index is 3030. The molecule has 28 unspecified atom stereocenters. The van der Waals surface area contributed by atoms with Crippen LogP contribution in [0.15, 0.2) is 20.5 Å². The molecule has 0 aromatic heterocycles. The van der Waals surface area contributed by atoms with Gasteiger partial charge in [-0.3, -0.25) is 92.1 Å². The summed E-state index contributed by atoms with van der Waals surface area (Å²) in [5.41, 5.74) is 0. The highest BCUT2D eigenvalue weighted by Crippen LogP contribution is 2.56. The Labute approximate surface area is 572 Å². The van der Waals surface area contributed by atoms with E-state index in [0.717, 1.165) is 0 Å². The Kier molecular flexibility index (Phi) is 27.2. The third-order valence-electron chi connectivity index (χ3n) is 21.2. The molecular weight excluding hydrogens is 1400 g/mol. The second-order valence-electron chi connectivity index (χ2n) is 27.6. The van der Waals surface area contributed by atoms with Gasteiger partial charge in [-0.05, 0) is 108 Å². The summed E-state index contributed by atoms with van der Waals surface area (Å²) < 4.78 is 143. The van der Waals surface area contributed by atoms with E-state index in [1.54, 1.807) is 0 Å². The largest absolute Gasteiger partial charge is 0.481 e. The third-order valence-corrected chi connectivity index (χ3v) is 26.2. The van der Waals surface area contributed by atoms with Crippen molar-refractivity contribution in [3.8, 4) is 0 Å². The molecule has 0 aromatic carbocycles. The van der Waals surface area contributed by atoms with Crippen LogP contribution in [0, 0.1) is 47.3 Å². The van der Waals surface area contributed by atoms with E-state index in [2.05, 4.69) is 84.3 Å². The number of aliphatic hydroxyl groups excluding tert-OH is 5. The predicted molar refractivity (Wildman–Crippen MR) is 345 cm³/mol. The van der Waals surface area contributed by atoms with Crippen molar-refractivity contribution >= 4 is 65.9 Å². The number of carboxylic acids is 4. The van der Waals surface area contributed by atoms with Crippen LogP contribution < -0.4 is 63.8 Å². The number of hydrogen-bond donors (Lipinski definition) is 29. The van der Waals surface area contributed by atoms with Gasteiger partial charge in [0.2, 0.25) is 0 Å². The lowest BCUT2D eigenvalue weighted by Crippen LogP contribution is -2.80. The van der Waals surface area contributed by atoms with Gasteiger partial charge in [0.1, 0.15) is 56.6 Å². The van der Waals surface area contributed by atoms with Gasteiger partial charge in [-0.15, -0.1) is 0 Å². The second-order valence-corrected chi connectivity index (χ2v) is 34.5. The van der Waals surface area contributed by atoms with E-state index in [1.165, 1.54) is 0 Å². The fraction of sp³-hybridized carbons (Fsp3) is 0.925. The van der Waals surface area contributed by atoms with Crippen LogP contribution >= 0.6 is 21.7 Å². The monoisotopic (exact) mass is 1500 g/mol. The van der Waals surface area contributed by atoms with E-state index in [0.29, 0.717) is 6.42 Å². The number of fused-ring (bicyclic) bond motifs is 2. The molecule has 2 heterocycles. The SMILES string of the molecule is O=C(O)C1CC(N=NC2C(O)C3C(CC2S(O)(O)O)CC(S(=O)(=O)O)CC3NC2NC(NCCO)NC(NC3CCC(NC4NC(NCCO)NC(NC5CC(S(=O)(=O)O)CC6CC(S(O)(O)O)C(N=NC7CC(C(=O)O)CC(C(=O)O)C7)C(O)C65)N4)C(C(=O)O)C3)N2)CC(OCO)C1. The molecule has 99 heavy (non-hydrogen) atoms. The van der Waals surface area contributed by atoms with Crippen molar-refractivity contribution in [2.75, 3.05) is 33.1 Å². The molecule has 2 aliphatic heterocycles. The van der Waals surface area contributed by atoms with Crippen LogP contribution in [-0.2, 0) is 44.2 Å². The van der Waals surface area contributed by atoms with E-state index >= 15 is 0 Å². The number of aliphatic hydroxyl groups is 5. The Hall–Kier alpha value is -3.36. The van der Waals surface area contributed by atoms with Crippen molar-refractivity contribution in [1.29, 1.82) is 0 Å². The molecule has 0 aromatic rings. The normalized spacial score (nSPS) is 42.5. The van der Waals surface area contributed by atoms with Crippen LogP contribution in [0.3, 0.4) is 0 Å². The predicted octanol–water partition coefficient (Wildman–Crippen LogP) is -4.40. The van der Waals surface area contributed by atoms with Crippen LogP contribution in [-0.4, -0.2) is 282 Å². The molecule has 0 bridgehead atoms. The minimum Gasteiger partial charge on any atom is -0.481 e. The maximum absolute atomic E-state index is 13.3. The average Bonchev–Trinajstić information content (AvgIpc) is 0.752. The lowest BCUT2D eigenvalue weighted by atomic mass is 9.65. The first-order valence-corrected chi connectivity index (χ1v) is 39.2. The summed E-state index contributed by atoms with van der Waals surface area (Å²) in [6.45, 7) is -1.32. The minimum absolute atomic E-state index is 0.00619. The van der Waals surface area contributed by atoms with Gasteiger partial charge in [0.05, 0.1) is 110 Å². The zero-order valence-electron chi connectivity index (χ0n) is 53.6. The Morgan fingerprint density at radius 3 is 1.21 bits per heavy atom. The first-order chi connectivity index (χ1) is 46.5. The van der Waals surface area contributed by atoms with Gasteiger partial charge in [0, 0.05) is 49.1 Å². The summed E-state index contributed by atoms with van der Waals surface area (Å²) in [4.78, 5) is 49.4. The topological polar surface area (TPSA) is 684 Å². The second kappa shape index (κ2) is 33.8. The highest BCUT2D eigenvalue weighted by atomic mass is 32.3. The molecule has 28 atom stereocenters. The molecule has 570 valence electrons. The average molecular weight is 1500 g/mol. The quantitative estimate of drug-likeness (QED) is 0.0200. The molecule has 2 saturated heterocycles. The van der Waals surface area contributed by atoms with Gasteiger partial charge < -0.3 is 78.0 Å². The number of hydrogen-bond acceptors (Lipinski definition) is 36. The number of ether oxygens (including phenoxy) is 1. The number of azo groups is 2. The van der Waals surface area contributed by atoms with E-state index in [9.17, 15) is 118 Å². The molecule has 0 amide bonds. The van der Waals surface area contributed by atoms with E-state index in [4.69, 9.17) is 4.74 Å². The number of rotatable bonds is 28. The first kappa shape index (κ1) is 79.8. The Morgan fingerprint density at radius 2 is 0.828 bits per heavy atom. The summed E-state index contributed by atoms with van der Waals surface area (Å²) >= 11 is 0. The molecule has 42 nitrogen and oxygen atoms in total. The summed E-state index contributed by atoms with van der Waals surface area (Å²) in [6, 6.07) is -8.47. The number of aliphatic carboxylic acids is 4. The van der Waals surface area contributed by atoms with Crippen LogP contribution in [0.2, 0.25) is 0 Å². The smallest absolute Gasteiger partial charge is 0.308 e. The van der Waals surface area contributed by atoms with Crippen molar-refractivity contribution in [2.24, 2.45) is 67.8 Å². The van der Waals surface area contributed by atoms with Gasteiger partial charge in [-0.2, -0.15) is 37.3 Å². The zero-order chi connectivity index (χ0) is 72.2. The molecule has 0 spiro atoms. The molecular formula is C53H98N16O26S4. The standard InChI is InChI=1S/C53H98N16O26S4/c70-5-3-54-48-60-50(64-52(62-48)58-34-18-30(96(83,84)85)13-22-15-37(99(92,93)94)41(43(74)38(22)34)69-67-28-10-25(46(79)80)11-29(16-28)95-20-72)56-26-1-2-33(32(17-26)47(81)82)57-51-61-49(55-4-6-71)63-53(65-51)59-35-19-31(97(86,87)88)12-21-14-36(98(89,90)91)40(42(73)39(21)35)68-66-27-8-23(44(75)76)7-24(9-27)45(77)78/h21-43,48-65,70-74,89-94H,1-20H2,(H,75,76)(H,77,78)(H,79,80)(H,81,82)(H,83,84,85)(H,86,87,88). The summed E-state index contributed by atoms with van der Waals surface area (Å²) in [6.07, 6.45) is -11.6. The minimum atomic E-state index is -4.82. The van der Waals surface area contributed by atoms with Crippen LogP contribution in [0.5, 0.6) is 0 Å². The van der Waals surface area contributed by atoms with Crippen molar-refractivity contribution in [1.82, 2.24) is 63.8 Å². The maximum atomic E-state index is 13.3. The summed E-state index contributed by atoms with van der Waals surface area (Å²) in [7, 11) is -18.8. The van der Waals surface area contributed by atoms with Gasteiger partial charge in [0.15, 0.2) is 0 Å². The first-order valence-electron chi connectivity index (χ1n) is 33.0. The number of nitrogens with one attached hydrogen (secondary N) is 12. The fourth-order valence-corrected chi connectivity index (χ4v) is 20.8. The molecule has 7 saturated carbocycles. The molecule has 0 radical (unpaired) electrons. The van der Waals surface area contributed by atoms with Crippen molar-refractivity contribution in [3.05, 3.63) is 0 Å². The van der Waals surface area contributed by atoms with Gasteiger partial charge >= 0.3 is 23.9 Å². The van der Waals surface area contributed by atoms with Crippen molar-refractivity contribution < 1.29 is 123 Å². The molecule has 9 aliphatic rings. The maximum Gasteiger partial charge on any atom is 0.308 e. The van der Waals surface area contributed by atoms with Crippen LogP contribution in [0.1, 0.15) is 96.3 Å². The van der Waals surface area contributed by atoms with Gasteiger partial charge in [0.25, 0.3) is 20.2 Å². The summed E-state index contributed by atoms with van der Waals surface area (Å²) in [5.74, 6) is -13.1. The number of carbonyl (C=O) groups is 4. The van der Waals surface area contributed by atoms with Crippen LogP contribution in [0.4, 0.5) is 0 Å². The molecule has 46 heteroatoms. The lowest BCUT2D eigenvalue weighted by Gasteiger charge is -2.53. The van der Waals surface area contributed by atoms with Crippen molar-refractivity contribution in [3.63, 3.8) is 0 Å². The third kappa shape index (κ3) is 20.6. The highest BCUT2D eigenvalue weighted by Gasteiger charge is 2.59. The molecule has 7 aliphatic carbocycles. The van der Waals surface area contributed by atoms with Crippen LogP contribution in [0.25, 0.3) is 0 Å². The zero-order valence-corrected chi connectivity index (χ0v) is 56.8. The number of nitrogens with zero attached hydrogens (tertiary/aromatic N) is 4.